The largest absolute Gasteiger partial charge is 0.314 e. The van der Waals surface area contributed by atoms with Crippen LogP contribution in [0.2, 0.25) is 0 Å². The molecule has 0 spiro atoms. The first-order valence-electron chi connectivity index (χ1n) is 5.45. The van der Waals surface area contributed by atoms with Crippen LogP contribution >= 0.6 is 0 Å². The van der Waals surface area contributed by atoms with Crippen molar-refractivity contribution in [2.75, 3.05) is 5.32 Å². The van der Waals surface area contributed by atoms with Gasteiger partial charge in [-0.15, -0.1) is 0 Å². The average Bonchev–Trinajstić information content (AvgIpc) is 2.41. The van der Waals surface area contributed by atoms with Gasteiger partial charge in [-0.3, -0.25) is 14.9 Å². The summed E-state index contributed by atoms with van der Waals surface area (Å²) in [5, 5.41) is 12.6. The molecule has 0 aliphatic rings. The summed E-state index contributed by atoms with van der Waals surface area (Å²) < 4.78 is 39.9. The molecule has 108 valence electrons. The van der Waals surface area contributed by atoms with E-state index in [9.17, 15) is 28.1 Å². The number of hydrogen-bond donors (Lipinski definition) is 1. The Bertz CT molecular complexity index is 737. The summed E-state index contributed by atoms with van der Waals surface area (Å²) in [5.41, 5.74) is -2.37. The van der Waals surface area contributed by atoms with E-state index in [4.69, 9.17) is 0 Å². The molecule has 1 heterocycles. The van der Waals surface area contributed by atoms with Crippen molar-refractivity contribution in [3.05, 3.63) is 63.7 Å². The predicted octanol–water partition coefficient (Wildman–Crippen LogP) is 2.66. The Kier molecular flexibility index (Phi) is 3.83. The van der Waals surface area contributed by atoms with Crippen LogP contribution in [0.25, 0.3) is 0 Å². The number of carbonyl (C=O) groups is 1. The van der Waals surface area contributed by atoms with Crippen LogP contribution in [0.1, 0.15) is 10.4 Å². The number of benzene rings is 1. The fourth-order valence-electron chi connectivity index (χ4n) is 1.56. The summed E-state index contributed by atoms with van der Waals surface area (Å²) >= 11 is 0. The zero-order valence-electron chi connectivity index (χ0n) is 10.1. The first-order chi connectivity index (χ1) is 9.90. The number of nitrogens with zero attached hydrogens (tertiary/aromatic N) is 2. The van der Waals surface area contributed by atoms with E-state index in [1.165, 1.54) is 6.07 Å². The molecule has 0 aliphatic carbocycles. The molecule has 0 saturated carbocycles. The third kappa shape index (κ3) is 2.96. The number of halogens is 3. The van der Waals surface area contributed by atoms with Crippen molar-refractivity contribution in [2.45, 2.75) is 0 Å². The Morgan fingerprint density at radius 2 is 2.00 bits per heavy atom. The quantitative estimate of drug-likeness (QED) is 0.536. The summed E-state index contributed by atoms with van der Waals surface area (Å²) in [6.45, 7) is 0. The van der Waals surface area contributed by atoms with Crippen LogP contribution in [0, 0.1) is 27.7 Å². The van der Waals surface area contributed by atoms with Crippen molar-refractivity contribution >= 4 is 17.3 Å². The van der Waals surface area contributed by atoms with Gasteiger partial charge in [-0.2, -0.15) is 4.39 Å². The van der Waals surface area contributed by atoms with Crippen molar-refractivity contribution in [1.29, 1.82) is 0 Å². The molecule has 9 heteroatoms. The van der Waals surface area contributed by atoms with Crippen LogP contribution in [-0.2, 0) is 0 Å². The molecule has 0 saturated heterocycles. The van der Waals surface area contributed by atoms with Gasteiger partial charge in [0.05, 0.1) is 16.6 Å². The van der Waals surface area contributed by atoms with E-state index in [2.05, 4.69) is 4.98 Å². The molecule has 0 aliphatic heterocycles. The van der Waals surface area contributed by atoms with Crippen LogP contribution in [0.3, 0.4) is 0 Å². The Morgan fingerprint density at radius 3 is 2.62 bits per heavy atom. The highest BCUT2D eigenvalue weighted by Crippen LogP contribution is 2.29. The molecule has 2 rings (SSSR count). The van der Waals surface area contributed by atoms with E-state index in [1.54, 1.807) is 0 Å². The number of rotatable bonds is 3. The number of nitro groups is 1. The standard InChI is InChI=1S/C12H6F3N3O3/c13-6-4-8(14)10(9(5-6)18(20)21)17-12(19)7-2-1-3-16-11(7)15/h1-5H,(H,17,19). The molecule has 1 amide bonds. The highest BCUT2D eigenvalue weighted by molar-refractivity contribution is 6.05. The fourth-order valence-corrected chi connectivity index (χ4v) is 1.56. The number of carbonyl (C=O) groups excluding carboxylic acids is 1. The van der Waals surface area contributed by atoms with Gasteiger partial charge >= 0.3 is 0 Å². The van der Waals surface area contributed by atoms with Crippen molar-refractivity contribution in [3.8, 4) is 0 Å². The Labute approximate surface area is 115 Å². The maximum absolute atomic E-state index is 13.6. The lowest BCUT2D eigenvalue weighted by Crippen LogP contribution is -2.16. The van der Waals surface area contributed by atoms with Crippen LogP contribution in [0.4, 0.5) is 24.5 Å². The number of hydrogen-bond acceptors (Lipinski definition) is 4. The summed E-state index contributed by atoms with van der Waals surface area (Å²) in [7, 11) is 0. The van der Waals surface area contributed by atoms with E-state index < -0.39 is 45.4 Å². The van der Waals surface area contributed by atoms with Crippen molar-refractivity contribution in [3.63, 3.8) is 0 Å². The number of nitrogens with one attached hydrogen (secondary N) is 1. The fraction of sp³-hybridized carbons (Fsp3) is 0. The zero-order valence-corrected chi connectivity index (χ0v) is 10.1. The lowest BCUT2D eigenvalue weighted by Gasteiger charge is -2.07. The van der Waals surface area contributed by atoms with E-state index >= 15 is 0 Å². The van der Waals surface area contributed by atoms with Crippen molar-refractivity contribution < 1.29 is 22.9 Å². The lowest BCUT2D eigenvalue weighted by molar-refractivity contribution is -0.384. The van der Waals surface area contributed by atoms with Gasteiger partial charge in [0.1, 0.15) is 5.82 Å². The van der Waals surface area contributed by atoms with Crippen LogP contribution in [-0.4, -0.2) is 15.8 Å². The second-order valence-electron chi connectivity index (χ2n) is 3.83. The minimum Gasteiger partial charge on any atom is -0.314 e. The highest BCUT2D eigenvalue weighted by Gasteiger charge is 2.23. The minimum absolute atomic E-state index is 0.363. The highest BCUT2D eigenvalue weighted by atomic mass is 19.1. The van der Waals surface area contributed by atoms with Gasteiger partial charge in [0, 0.05) is 12.3 Å². The molecular weight excluding hydrogens is 291 g/mol. The second-order valence-corrected chi connectivity index (χ2v) is 3.83. The van der Waals surface area contributed by atoms with Gasteiger partial charge in [0.25, 0.3) is 11.6 Å². The number of amides is 1. The van der Waals surface area contributed by atoms with Crippen molar-refractivity contribution in [1.82, 2.24) is 4.98 Å². The van der Waals surface area contributed by atoms with E-state index in [0.29, 0.717) is 12.1 Å². The minimum atomic E-state index is -1.35. The van der Waals surface area contributed by atoms with E-state index in [0.717, 1.165) is 12.3 Å². The topological polar surface area (TPSA) is 85.1 Å². The molecular formula is C12H6F3N3O3. The molecule has 0 radical (unpaired) electrons. The van der Waals surface area contributed by atoms with E-state index in [1.807, 2.05) is 5.32 Å². The molecule has 1 aromatic heterocycles. The number of anilines is 1. The Balaban J connectivity index is 2.42. The maximum Gasteiger partial charge on any atom is 0.298 e. The Hall–Kier alpha value is -2.97. The first-order valence-corrected chi connectivity index (χ1v) is 5.45. The normalized spacial score (nSPS) is 10.2. The van der Waals surface area contributed by atoms with Crippen LogP contribution in [0.5, 0.6) is 0 Å². The van der Waals surface area contributed by atoms with Gasteiger partial charge in [-0.25, -0.2) is 13.8 Å². The van der Waals surface area contributed by atoms with Gasteiger partial charge in [0.15, 0.2) is 11.5 Å². The first kappa shape index (κ1) is 14.4. The van der Waals surface area contributed by atoms with Gasteiger partial charge in [-0.1, -0.05) is 0 Å². The number of pyridine rings is 1. The van der Waals surface area contributed by atoms with Gasteiger partial charge in [-0.05, 0) is 12.1 Å². The Morgan fingerprint density at radius 1 is 1.29 bits per heavy atom. The molecule has 0 unspecified atom stereocenters. The summed E-state index contributed by atoms with van der Waals surface area (Å²) in [5.74, 6) is -4.79. The number of nitro benzene ring substituents is 1. The monoisotopic (exact) mass is 297 g/mol. The maximum atomic E-state index is 13.6. The molecule has 21 heavy (non-hydrogen) atoms. The molecule has 0 bridgehead atoms. The number of aromatic nitrogens is 1. The van der Waals surface area contributed by atoms with Gasteiger partial charge < -0.3 is 5.32 Å². The summed E-state index contributed by atoms with van der Waals surface area (Å²) in [6, 6.07) is 3.12. The van der Waals surface area contributed by atoms with Crippen LogP contribution in [0.15, 0.2) is 30.5 Å². The van der Waals surface area contributed by atoms with Crippen molar-refractivity contribution in [2.24, 2.45) is 0 Å². The third-order valence-corrected chi connectivity index (χ3v) is 2.47. The predicted molar refractivity (Wildman–Crippen MR) is 65.2 cm³/mol. The summed E-state index contributed by atoms with van der Waals surface area (Å²) in [4.78, 5) is 24.7. The molecule has 0 fully saturated rings. The molecule has 2 aromatic rings. The second kappa shape index (κ2) is 5.57. The van der Waals surface area contributed by atoms with Crippen LogP contribution < -0.4 is 5.32 Å². The van der Waals surface area contributed by atoms with Gasteiger partial charge in [0.2, 0.25) is 5.95 Å². The smallest absolute Gasteiger partial charge is 0.298 e. The molecule has 0 atom stereocenters. The lowest BCUT2D eigenvalue weighted by atomic mass is 10.2. The molecule has 1 N–H and O–H groups in total. The molecule has 1 aromatic carbocycles. The third-order valence-electron chi connectivity index (χ3n) is 2.47. The molecule has 6 nitrogen and oxygen atoms in total. The van der Waals surface area contributed by atoms with E-state index in [-0.39, 0.29) is 0 Å². The SMILES string of the molecule is O=C(Nc1c(F)cc(F)cc1[N+](=O)[O-])c1cccnc1F. The zero-order chi connectivity index (χ0) is 15.6. The summed E-state index contributed by atoms with van der Waals surface area (Å²) in [6.07, 6.45) is 1.09. The average molecular weight is 297 g/mol.